The van der Waals surface area contributed by atoms with Gasteiger partial charge in [-0.25, -0.2) is 13.2 Å². The molecule has 2 aromatic rings. The first kappa shape index (κ1) is 14.5. The fraction of sp³-hybridized carbons (Fsp3) is 0.385. The summed E-state index contributed by atoms with van der Waals surface area (Å²) < 4.78 is 44.2. The second kappa shape index (κ2) is 5.24. The summed E-state index contributed by atoms with van der Waals surface area (Å²) in [5, 5.41) is 3.62. The third-order valence-electron chi connectivity index (χ3n) is 2.93. The van der Waals surface area contributed by atoms with E-state index in [0.717, 1.165) is 18.6 Å². The molecule has 0 amide bonds. The first-order chi connectivity index (χ1) is 9.35. The van der Waals surface area contributed by atoms with Crippen molar-refractivity contribution in [2.45, 2.75) is 32.2 Å². The van der Waals surface area contributed by atoms with Crippen molar-refractivity contribution < 1.29 is 17.7 Å². The number of benzene rings is 1. The van der Waals surface area contributed by atoms with E-state index in [0.29, 0.717) is 6.42 Å². The van der Waals surface area contributed by atoms with Crippen molar-refractivity contribution in [3.05, 3.63) is 35.5 Å². The number of rotatable bonds is 4. The maximum absolute atomic E-state index is 13.2. The van der Waals surface area contributed by atoms with E-state index in [4.69, 9.17) is 10.3 Å². The van der Waals surface area contributed by atoms with Gasteiger partial charge in [-0.1, -0.05) is 18.5 Å². The van der Waals surface area contributed by atoms with Crippen LogP contribution in [-0.2, 0) is 5.54 Å². The third kappa shape index (κ3) is 2.67. The molecule has 4 nitrogen and oxygen atoms in total. The maximum Gasteiger partial charge on any atom is 0.246 e. The summed E-state index contributed by atoms with van der Waals surface area (Å²) >= 11 is 0. The van der Waals surface area contributed by atoms with Crippen LogP contribution in [0, 0.1) is 17.5 Å². The molecule has 0 aliphatic carbocycles. The van der Waals surface area contributed by atoms with Crippen LogP contribution in [0.5, 0.6) is 0 Å². The summed E-state index contributed by atoms with van der Waals surface area (Å²) in [7, 11) is 0. The minimum absolute atomic E-state index is 0.0105. The van der Waals surface area contributed by atoms with Crippen LogP contribution in [0.3, 0.4) is 0 Å². The van der Waals surface area contributed by atoms with Crippen molar-refractivity contribution in [2.75, 3.05) is 0 Å². The highest BCUT2D eigenvalue weighted by molar-refractivity contribution is 5.54. The van der Waals surface area contributed by atoms with Gasteiger partial charge in [0, 0.05) is 5.56 Å². The molecule has 2 rings (SSSR count). The van der Waals surface area contributed by atoms with E-state index >= 15 is 0 Å². The van der Waals surface area contributed by atoms with Gasteiger partial charge in [0.1, 0.15) is 0 Å². The standard InChI is InChI=1S/C13H14F3N3O/c1-3-4-13(2,17)12-18-11(19-20-12)7-5-8(14)10(16)9(15)6-7/h5-6H,3-4,17H2,1-2H3. The first-order valence-corrected chi connectivity index (χ1v) is 6.13. The van der Waals surface area contributed by atoms with Gasteiger partial charge >= 0.3 is 0 Å². The lowest BCUT2D eigenvalue weighted by atomic mass is 9.98. The zero-order valence-electron chi connectivity index (χ0n) is 11.1. The molecule has 1 atom stereocenters. The normalized spacial score (nSPS) is 14.3. The molecule has 0 bridgehead atoms. The molecule has 0 saturated heterocycles. The van der Waals surface area contributed by atoms with Gasteiger partial charge in [-0.15, -0.1) is 0 Å². The van der Waals surface area contributed by atoms with Crippen LogP contribution in [0.4, 0.5) is 13.2 Å². The summed E-state index contributed by atoms with van der Waals surface area (Å²) in [6.45, 7) is 3.67. The molecular weight excluding hydrogens is 271 g/mol. The average molecular weight is 285 g/mol. The van der Waals surface area contributed by atoms with Gasteiger partial charge in [-0.05, 0) is 25.5 Å². The highest BCUT2D eigenvalue weighted by atomic mass is 19.2. The van der Waals surface area contributed by atoms with Crippen LogP contribution in [0.25, 0.3) is 11.4 Å². The zero-order chi connectivity index (χ0) is 14.9. The van der Waals surface area contributed by atoms with Crippen molar-refractivity contribution in [3.63, 3.8) is 0 Å². The summed E-state index contributed by atoms with van der Waals surface area (Å²) in [6, 6.07) is 1.61. The fourth-order valence-electron chi connectivity index (χ4n) is 1.88. The highest BCUT2D eigenvalue weighted by Gasteiger charge is 2.28. The Kier molecular flexibility index (Phi) is 3.80. The number of aromatic nitrogens is 2. The molecule has 7 heteroatoms. The SMILES string of the molecule is CCCC(C)(N)c1nc(-c2cc(F)c(F)c(F)c2)no1. The smallest absolute Gasteiger partial charge is 0.246 e. The predicted octanol–water partition coefficient (Wildman–Crippen LogP) is 3.13. The van der Waals surface area contributed by atoms with Crippen LogP contribution in [0.2, 0.25) is 0 Å². The predicted molar refractivity (Wildman–Crippen MR) is 66.1 cm³/mol. The molecule has 0 fully saturated rings. The number of hydrogen-bond acceptors (Lipinski definition) is 4. The lowest BCUT2D eigenvalue weighted by Crippen LogP contribution is -2.33. The number of halogens is 3. The van der Waals surface area contributed by atoms with Gasteiger partial charge in [0.2, 0.25) is 11.7 Å². The topological polar surface area (TPSA) is 64.9 Å². The third-order valence-corrected chi connectivity index (χ3v) is 2.93. The van der Waals surface area contributed by atoms with E-state index in [1.165, 1.54) is 0 Å². The Hall–Kier alpha value is -1.89. The lowest BCUT2D eigenvalue weighted by Gasteiger charge is -2.18. The van der Waals surface area contributed by atoms with Gasteiger partial charge in [-0.3, -0.25) is 0 Å². The Morgan fingerprint density at radius 3 is 2.40 bits per heavy atom. The lowest BCUT2D eigenvalue weighted by molar-refractivity contribution is 0.284. The molecule has 0 aliphatic rings. The highest BCUT2D eigenvalue weighted by Crippen LogP contribution is 2.26. The molecule has 0 radical (unpaired) electrons. The molecule has 2 N–H and O–H groups in total. The van der Waals surface area contributed by atoms with Crippen LogP contribution in [0.1, 0.15) is 32.6 Å². The molecular formula is C13H14F3N3O. The molecule has 1 aromatic carbocycles. The Labute approximate surface area is 113 Å². The number of nitrogens with two attached hydrogens (primary N) is 1. The second-order valence-corrected chi connectivity index (χ2v) is 4.84. The molecule has 20 heavy (non-hydrogen) atoms. The Balaban J connectivity index is 2.39. The summed E-state index contributed by atoms with van der Waals surface area (Å²) in [5.41, 5.74) is 5.19. The molecule has 1 heterocycles. The fourth-order valence-corrected chi connectivity index (χ4v) is 1.88. The molecule has 108 valence electrons. The maximum atomic E-state index is 13.2. The molecule has 0 aliphatic heterocycles. The van der Waals surface area contributed by atoms with E-state index < -0.39 is 23.0 Å². The molecule has 0 saturated carbocycles. The average Bonchev–Trinajstić information content (AvgIpc) is 2.85. The first-order valence-electron chi connectivity index (χ1n) is 6.13. The van der Waals surface area contributed by atoms with Crippen LogP contribution in [-0.4, -0.2) is 10.1 Å². The van der Waals surface area contributed by atoms with Gasteiger partial charge in [0.05, 0.1) is 5.54 Å². The molecule has 1 aromatic heterocycles. The van der Waals surface area contributed by atoms with Crippen molar-refractivity contribution >= 4 is 0 Å². The van der Waals surface area contributed by atoms with E-state index in [1.807, 2.05) is 6.92 Å². The van der Waals surface area contributed by atoms with Gasteiger partial charge < -0.3 is 10.3 Å². The van der Waals surface area contributed by atoms with Crippen LogP contribution < -0.4 is 5.73 Å². The van der Waals surface area contributed by atoms with Crippen molar-refractivity contribution in [2.24, 2.45) is 5.73 Å². The zero-order valence-corrected chi connectivity index (χ0v) is 11.1. The van der Waals surface area contributed by atoms with Gasteiger partial charge in [0.25, 0.3) is 0 Å². The van der Waals surface area contributed by atoms with Crippen molar-refractivity contribution in [1.29, 1.82) is 0 Å². The summed E-state index contributed by atoms with van der Waals surface area (Å²) in [4.78, 5) is 4.02. The van der Waals surface area contributed by atoms with E-state index in [-0.39, 0.29) is 17.3 Å². The van der Waals surface area contributed by atoms with E-state index in [2.05, 4.69) is 10.1 Å². The minimum atomic E-state index is -1.54. The van der Waals surface area contributed by atoms with Crippen molar-refractivity contribution in [1.82, 2.24) is 10.1 Å². The molecule has 1 unspecified atom stereocenters. The second-order valence-electron chi connectivity index (χ2n) is 4.84. The Morgan fingerprint density at radius 2 is 1.85 bits per heavy atom. The summed E-state index contributed by atoms with van der Waals surface area (Å²) in [5.74, 6) is -4.02. The Morgan fingerprint density at radius 1 is 1.25 bits per heavy atom. The largest absolute Gasteiger partial charge is 0.337 e. The number of nitrogens with zero attached hydrogens (tertiary/aromatic N) is 2. The molecule has 0 spiro atoms. The van der Waals surface area contributed by atoms with Crippen LogP contribution in [0.15, 0.2) is 16.7 Å². The number of hydrogen-bond donors (Lipinski definition) is 1. The Bertz CT molecular complexity index is 602. The van der Waals surface area contributed by atoms with E-state index in [1.54, 1.807) is 6.92 Å². The van der Waals surface area contributed by atoms with Crippen molar-refractivity contribution in [3.8, 4) is 11.4 Å². The van der Waals surface area contributed by atoms with Crippen LogP contribution >= 0.6 is 0 Å². The monoisotopic (exact) mass is 285 g/mol. The minimum Gasteiger partial charge on any atom is -0.337 e. The summed E-state index contributed by atoms with van der Waals surface area (Å²) in [6.07, 6.45) is 1.42. The van der Waals surface area contributed by atoms with E-state index in [9.17, 15) is 13.2 Å². The quantitative estimate of drug-likeness (QED) is 0.876. The van der Waals surface area contributed by atoms with Gasteiger partial charge in [-0.2, -0.15) is 4.98 Å². The van der Waals surface area contributed by atoms with Gasteiger partial charge in [0.15, 0.2) is 17.5 Å².